The Balaban J connectivity index is 2.37. The van der Waals surface area contributed by atoms with E-state index in [1.807, 2.05) is 6.92 Å². The fourth-order valence-electron chi connectivity index (χ4n) is 2.21. The molecule has 3 aromatic heterocycles. The summed E-state index contributed by atoms with van der Waals surface area (Å²) in [5.41, 5.74) is 1.10. The first-order valence-corrected chi connectivity index (χ1v) is 6.30. The molecular weight excluding hydrogens is 262 g/mol. The molecule has 0 fully saturated rings. The molecular formula is C13H13N3O4. The summed E-state index contributed by atoms with van der Waals surface area (Å²) in [6.07, 6.45) is 3.19. The Morgan fingerprint density at radius 1 is 1.40 bits per heavy atom. The molecule has 0 amide bonds. The SMILES string of the molecule is CCOc1c(C(=O)O)oc2c1cnc1c2cnn1CC. The number of aryl methyl sites for hydroxylation is 1. The minimum Gasteiger partial charge on any atom is -0.489 e. The van der Waals surface area contributed by atoms with Gasteiger partial charge in [-0.05, 0) is 13.8 Å². The molecule has 3 heterocycles. The number of hydrogen-bond acceptors (Lipinski definition) is 5. The number of carbonyl (C=O) groups is 1. The second-order valence-electron chi connectivity index (χ2n) is 4.20. The van der Waals surface area contributed by atoms with E-state index in [2.05, 4.69) is 10.1 Å². The predicted molar refractivity (Wildman–Crippen MR) is 71.1 cm³/mol. The Hall–Kier alpha value is -2.57. The van der Waals surface area contributed by atoms with Gasteiger partial charge in [0.05, 0.1) is 23.6 Å². The van der Waals surface area contributed by atoms with Crippen molar-refractivity contribution in [3.63, 3.8) is 0 Å². The highest BCUT2D eigenvalue weighted by Gasteiger charge is 2.24. The standard InChI is InChI=1S/C13H13N3O4/c1-3-16-12-8(6-15-16)9-7(5-14-12)10(19-4-2)11(20-9)13(17)18/h5-6H,3-4H2,1-2H3,(H,17,18). The van der Waals surface area contributed by atoms with Crippen molar-refractivity contribution >= 4 is 28.0 Å². The molecule has 0 bridgehead atoms. The summed E-state index contributed by atoms with van der Waals surface area (Å²) < 4.78 is 12.6. The third-order valence-corrected chi connectivity index (χ3v) is 3.05. The van der Waals surface area contributed by atoms with E-state index in [0.717, 1.165) is 0 Å². The van der Waals surface area contributed by atoms with E-state index in [-0.39, 0.29) is 11.5 Å². The van der Waals surface area contributed by atoms with Crippen LogP contribution in [0, 0.1) is 0 Å². The first-order valence-electron chi connectivity index (χ1n) is 6.30. The smallest absolute Gasteiger partial charge is 0.375 e. The molecule has 0 aliphatic carbocycles. The van der Waals surface area contributed by atoms with Crippen LogP contribution < -0.4 is 4.74 Å². The van der Waals surface area contributed by atoms with Crippen LogP contribution in [0.4, 0.5) is 0 Å². The topological polar surface area (TPSA) is 90.4 Å². The monoisotopic (exact) mass is 275 g/mol. The van der Waals surface area contributed by atoms with E-state index in [9.17, 15) is 9.90 Å². The Labute approximate surface area is 113 Å². The van der Waals surface area contributed by atoms with Gasteiger partial charge in [-0.3, -0.25) is 0 Å². The Morgan fingerprint density at radius 2 is 2.20 bits per heavy atom. The van der Waals surface area contributed by atoms with E-state index in [4.69, 9.17) is 9.15 Å². The van der Waals surface area contributed by atoms with Crippen molar-refractivity contribution in [2.45, 2.75) is 20.4 Å². The second-order valence-corrected chi connectivity index (χ2v) is 4.20. The van der Waals surface area contributed by atoms with Crippen molar-refractivity contribution < 1.29 is 19.1 Å². The van der Waals surface area contributed by atoms with Gasteiger partial charge in [-0.2, -0.15) is 5.10 Å². The van der Waals surface area contributed by atoms with Crippen molar-refractivity contribution in [3.8, 4) is 5.75 Å². The zero-order valence-corrected chi connectivity index (χ0v) is 11.1. The molecule has 0 saturated carbocycles. The van der Waals surface area contributed by atoms with Gasteiger partial charge < -0.3 is 14.3 Å². The maximum atomic E-state index is 11.2. The average Bonchev–Trinajstić information content (AvgIpc) is 3.00. The number of carboxylic acid groups (broad SMARTS) is 1. The molecule has 0 aliphatic rings. The molecule has 0 radical (unpaired) electrons. The van der Waals surface area contributed by atoms with Crippen LogP contribution in [0.25, 0.3) is 22.0 Å². The molecule has 7 heteroatoms. The molecule has 0 spiro atoms. The minimum atomic E-state index is -1.17. The molecule has 7 nitrogen and oxygen atoms in total. The molecule has 3 rings (SSSR count). The summed E-state index contributed by atoms with van der Waals surface area (Å²) in [5, 5.41) is 14.6. The van der Waals surface area contributed by atoms with E-state index < -0.39 is 5.97 Å². The highest BCUT2D eigenvalue weighted by molar-refractivity contribution is 6.07. The minimum absolute atomic E-state index is 0.208. The van der Waals surface area contributed by atoms with Gasteiger partial charge in [-0.15, -0.1) is 0 Å². The number of pyridine rings is 1. The van der Waals surface area contributed by atoms with Crippen LogP contribution in [0.3, 0.4) is 0 Å². The number of furan rings is 1. The zero-order chi connectivity index (χ0) is 14.3. The number of carboxylic acids is 1. The van der Waals surface area contributed by atoms with Crippen molar-refractivity contribution in [3.05, 3.63) is 18.2 Å². The fourth-order valence-corrected chi connectivity index (χ4v) is 2.21. The summed E-state index contributed by atoms with van der Waals surface area (Å²) in [6, 6.07) is 0. The van der Waals surface area contributed by atoms with Crippen LogP contribution >= 0.6 is 0 Å². The van der Waals surface area contributed by atoms with Crippen LogP contribution in [-0.2, 0) is 6.54 Å². The van der Waals surface area contributed by atoms with Crippen molar-refractivity contribution in [1.82, 2.24) is 14.8 Å². The van der Waals surface area contributed by atoms with Gasteiger partial charge in [0.2, 0.25) is 0 Å². The van der Waals surface area contributed by atoms with Gasteiger partial charge in [-0.25, -0.2) is 14.5 Å². The zero-order valence-electron chi connectivity index (χ0n) is 11.1. The van der Waals surface area contributed by atoms with E-state index in [1.165, 1.54) is 0 Å². The Bertz CT molecular complexity index is 803. The molecule has 104 valence electrons. The molecule has 0 saturated heterocycles. The van der Waals surface area contributed by atoms with Crippen molar-refractivity contribution in [2.75, 3.05) is 6.61 Å². The number of aromatic nitrogens is 3. The Morgan fingerprint density at radius 3 is 2.85 bits per heavy atom. The first-order chi connectivity index (χ1) is 9.67. The lowest BCUT2D eigenvalue weighted by molar-refractivity contribution is 0.0659. The lowest BCUT2D eigenvalue weighted by Crippen LogP contribution is -1.99. The number of nitrogens with zero attached hydrogens (tertiary/aromatic N) is 3. The maximum Gasteiger partial charge on any atom is 0.375 e. The van der Waals surface area contributed by atoms with Gasteiger partial charge in [0, 0.05) is 12.7 Å². The van der Waals surface area contributed by atoms with E-state index in [1.54, 1.807) is 24.0 Å². The van der Waals surface area contributed by atoms with Crippen LogP contribution in [0.2, 0.25) is 0 Å². The largest absolute Gasteiger partial charge is 0.489 e. The third kappa shape index (κ3) is 1.63. The number of rotatable bonds is 4. The van der Waals surface area contributed by atoms with E-state index >= 15 is 0 Å². The number of hydrogen-bond donors (Lipinski definition) is 1. The lowest BCUT2D eigenvalue weighted by atomic mass is 10.2. The van der Waals surface area contributed by atoms with Gasteiger partial charge >= 0.3 is 5.97 Å². The van der Waals surface area contributed by atoms with Crippen LogP contribution in [0.5, 0.6) is 5.75 Å². The van der Waals surface area contributed by atoms with Gasteiger partial charge in [0.15, 0.2) is 17.0 Å². The lowest BCUT2D eigenvalue weighted by Gasteiger charge is -2.00. The molecule has 0 unspecified atom stereocenters. The molecule has 0 aliphatic heterocycles. The highest BCUT2D eigenvalue weighted by atomic mass is 16.5. The van der Waals surface area contributed by atoms with Gasteiger partial charge in [0.1, 0.15) is 0 Å². The van der Waals surface area contributed by atoms with Crippen molar-refractivity contribution in [2.24, 2.45) is 0 Å². The summed E-state index contributed by atoms with van der Waals surface area (Å²) in [5.74, 6) is -1.16. The first kappa shape index (κ1) is 12.5. The highest BCUT2D eigenvalue weighted by Crippen LogP contribution is 2.36. The van der Waals surface area contributed by atoms with Crippen LogP contribution in [0.15, 0.2) is 16.8 Å². The van der Waals surface area contributed by atoms with E-state index in [0.29, 0.717) is 35.2 Å². The second kappa shape index (κ2) is 4.52. The number of aromatic carboxylic acids is 1. The maximum absolute atomic E-state index is 11.2. The third-order valence-electron chi connectivity index (χ3n) is 3.05. The quantitative estimate of drug-likeness (QED) is 0.785. The number of fused-ring (bicyclic) bond motifs is 3. The molecule has 20 heavy (non-hydrogen) atoms. The van der Waals surface area contributed by atoms with Crippen LogP contribution in [0.1, 0.15) is 24.4 Å². The summed E-state index contributed by atoms with van der Waals surface area (Å²) >= 11 is 0. The molecule has 3 aromatic rings. The summed E-state index contributed by atoms with van der Waals surface area (Å²) in [7, 11) is 0. The van der Waals surface area contributed by atoms with Gasteiger partial charge in [-0.1, -0.05) is 0 Å². The molecule has 1 N–H and O–H groups in total. The average molecular weight is 275 g/mol. The van der Waals surface area contributed by atoms with Crippen molar-refractivity contribution in [1.29, 1.82) is 0 Å². The van der Waals surface area contributed by atoms with Crippen LogP contribution in [-0.4, -0.2) is 32.4 Å². The molecule has 0 aromatic carbocycles. The normalized spacial score (nSPS) is 11.3. The van der Waals surface area contributed by atoms with Gasteiger partial charge in [0.25, 0.3) is 5.76 Å². The molecule has 0 atom stereocenters. The fraction of sp³-hybridized carbons (Fsp3) is 0.308. The number of ether oxygens (including phenoxy) is 1. The summed E-state index contributed by atoms with van der Waals surface area (Å²) in [4.78, 5) is 15.6. The predicted octanol–water partition coefficient (Wildman–Crippen LogP) is 2.29. The Kier molecular flexibility index (Phi) is 2.81. The summed E-state index contributed by atoms with van der Waals surface area (Å²) in [6.45, 7) is 4.76.